The standard InChI is InChI=1S/C21H25N3O4S/c1-14(2)22-20(26)21(12-13-21)16-4-6-18(7-5-16)24-29(27,28)19-10-8-17(9-11-19)23-15(3)25/h4-11,14,24H,12-13H2,1-3H3,(H,22,26)(H,23,25). The molecule has 2 aromatic carbocycles. The lowest BCUT2D eigenvalue weighted by Gasteiger charge is -2.18. The van der Waals surface area contributed by atoms with Gasteiger partial charge in [-0.05, 0) is 68.7 Å². The molecule has 3 N–H and O–H groups in total. The zero-order chi connectivity index (χ0) is 21.2. The van der Waals surface area contributed by atoms with Crippen LogP contribution in [0, 0.1) is 0 Å². The van der Waals surface area contributed by atoms with E-state index in [9.17, 15) is 18.0 Å². The zero-order valence-electron chi connectivity index (χ0n) is 16.7. The van der Waals surface area contributed by atoms with E-state index in [0.717, 1.165) is 18.4 Å². The molecular formula is C21H25N3O4S. The molecule has 0 radical (unpaired) electrons. The number of carbonyl (C=O) groups is 2. The normalized spacial score (nSPS) is 14.9. The fourth-order valence-corrected chi connectivity index (χ4v) is 4.22. The summed E-state index contributed by atoms with van der Waals surface area (Å²) in [6.07, 6.45) is 1.58. The summed E-state index contributed by atoms with van der Waals surface area (Å²) < 4.78 is 27.7. The van der Waals surface area contributed by atoms with Crippen molar-refractivity contribution >= 4 is 33.2 Å². The van der Waals surface area contributed by atoms with Crippen LogP contribution < -0.4 is 15.4 Å². The van der Waals surface area contributed by atoms with Gasteiger partial charge in [-0.3, -0.25) is 14.3 Å². The highest BCUT2D eigenvalue weighted by Gasteiger charge is 2.51. The predicted molar refractivity (Wildman–Crippen MR) is 112 cm³/mol. The molecule has 0 aromatic heterocycles. The average Bonchev–Trinajstić information content (AvgIpc) is 3.43. The van der Waals surface area contributed by atoms with Crippen LogP contribution in [0.15, 0.2) is 53.4 Å². The quantitative estimate of drug-likeness (QED) is 0.646. The van der Waals surface area contributed by atoms with Crippen LogP contribution in [0.4, 0.5) is 11.4 Å². The van der Waals surface area contributed by atoms with Crippen molar-refractivity contribution in [2.45, 2.75) is 50.0 Å². The maximum Gasteiger partial charge on any atom is 0.261 e. The second kappa shape index (κ2) is 7.87. The third kappa shape index (κ3) is 4.76. The van der Waals surface area contributed by atoms with Gasteiger partial charge in [-0.25, -0.2) is 8.42 Å². The van der Waals surface area contributed by atoms with Gasteiger partial charge in [-0.2, -0.15) is 0 Å². The van der Waals surface area contributed by atoms with Gasteiger partial charge in [-0.1, -0.05) is 12.1 Å². The van der Waals surface area contributed by atoms with Crippen LogP contribution in [0.5, 0.6) is 0 Å². The Hall–Kier alpha value is -2.87. The number of benzene rings is 2. The molecule has 0 atom stereocenters. The van der Waals surface area contributed by atoms with Gasteiger partial charge in [0.2, 0.25) is 11.8 Å². The molecule has 1 aliphatic rings. The monoisotopic (exact) mass is 415 g/mol. The maximum absolute atomic E-state index is 12.6. The molecule has 3 rings (SSSR count). The molecule has 0 heterocycles. The van der Waals surface area contributed by atoms with Crippen LogP contribution in [0.3, 0.4) is 0 Å². The van der Waals surface area contributed by atoms with Crippen molar-refractivity contribution in [2.75, 3.05) is 10.0 Å². The van der Waals surface area contributed by atoms with Crippen molar-refractivity contribution in [1.29, 1.82) is 0 Å². The summed E-state index contributed by atoms with van der Waals surface area (Å²) in [6.45, 7) is 5.23. The molecule has 0 unspecified atom stereocenters. The van der Waals surface area contributed by atoms with Crippen molar-refractivity contribution in [3.05, 3.63) is 54.1 Å². The number of sulfonamides is 1. The highest BCUT2D eigenvalue weighted by atomic mass is 32.2. The van der Waals surface area contributed by atoms with Crippen molar-refractivity contribution in [1.82, 2.24) is 5.32 Å². The molecule has 1 fully saturated rings. The van der Waals surface area contributed by atoms with Gasteiger partial charge < -0.3 is 10.6 Å². The van der Waals surface area contributed by atoms with Crippen molar-refractivity contribution < 1.29 is 18.0 Å². The van der Waals surface area contributed by atoms with E-state index in [2.05, 4.69) is 15.4 Å². The second-order valence-corrected chi connectivity index (χ2v) is 9.28. The second-order valence-electron chi connectivity index (χ2n) is 7.60. The summed E-state index contributed by atoms with van der Waals surface area (Å²) in [5, 5.41) is 5.55. The van der Waals surface area contributed by atoms with Gasteiger partial charge >= 0.3 is 0 Å². The first-order valence-corrected chi connectivity index (χ1v) is 10.9. The van der Waals surface area contributed by atoms with E-state index in [1.54, 1.807) is 24.3 Å². The lowest BCUT2D eigenvalue weighted by Crippen LogP contribution is -2.38. The van der Waals surface area contributed by atoms with Gasteiger partial charge in [0.05, 0.1) is 10.3 Å². The number of hydrogen-bond acceptors (Lipinski definition) is 4. The SMILES string of the molecule is CC(=O)Nc1ccc(S(=O)(=O)Nc2ccc(C3(C(=O)NC(C)C)CC3)cc2)cc1. The van der Waals surface area contributed by atoms with Crippen molar-refractivity contribution in [2.24, 2.45) is 0 Å². The Balaban J connectivity index is 1.72. The summed E-state index contributed by atoms with van der Waals surface area (Å²) in [7, 11) is -3.77. The summed E-state index contributed by atoms with van der Waals surface area (Å²) in [5.41, 5.74) is 1.33. The molecule has 29 heavy (non-hydrogen) atoms. The highest BCUT2D eigenvalue weighted by molar-refractivity contribution is 7.92. The van der Waals surface area contributed by atoms with E-state index in [1.165, 1.54) is 31.2 Å². The van der Waals surface area contributed by atoms with Gasteiger partial charge in [0, 0.05) is 24.3 Å². The van der Waals surface area contributed by atoms with E-state index in [4.69, 9.17) is 0 Å². The highest BCUT2D eigenvalue weighted by Crippen LogP contribution is 2.48. The third-order valence-electron chi connectivity index (χ3n) is 4.78. The molecule has 7 nitrogen and oxygen atoms in total. The fourth-order valence-electron chi connectivity index (χ4n) is 3.16. The number of amides is 2. The predicted octanol–water partition coefficient (Wildman–Crippen LogP) is 3.00. The summed E-state index contributed by atoms with van der Waals surface area (Å²) in [5.74, 6) is -0.213. The summed E-state index contributed by atoms with van der Waals surface area (Å²) in [6, 6.07) is 12.9. The first kappa shape index (κ1) is 20.9. The Morgan fingerprint density at radius 2 is 1.48 bits per heavy atom. The molecular weight excluding hydrogens is 390 g/mol. The van der Waals surface area contributed by atoms with Crippen LogP contribution in [-0.4, -0.2) is 26.3 Å². The molecule has 154 valence electrons. The average molecular weight is 416 g/mol. The van der Waals surface area contributed by atoms with Crippen molar-refractivity contribution in [3.8, 4) is 0 Å². The Morgan fingerprint density at radius 3 is 1.97 bits per heavy atom. The Labute approximate surface area is 171 Å². The number of anilines is 2. The molecule has 0 aliphatic heterocycles. The Kier molecular flexibility index (Phi) is 5.66. The maximum atomic E-state index is 12.6. The minimum absolute atomic E-state index is 0.0140. The number of rotatable bonds is 7. The van der Waals surface area contributed by atoms with Crippen LogP contribution >= 0.6 is 0 Å². The van der Waals surface area contributed by atoms with Crippen LogP contribution in [0.1, 0.15) is 39.2 Å². The molecule has 0 spiro atoms. The summed E-state index contributed by atoms with van der Waals surface area (Å²) in [4.78, 5) is 23.6. The van der Waals surface area contributed by atoms with E-state index >= 15 is 0 Å². The first-order valence-electron chi connectivity index (χ1n) is 9.44. The Bertz CT molecular complexity index is 1010. The molecule has 8 heteroatoms. The van der Waals surface area contributed by atoms with Gasteiger partial charge in [0.15, 0.2) is 0 Å². The lowest BCUT2D eigenvalue weighted by atomic mass is 9.94. The van der Waals surface area contributed by atoms with Crippen molar-refractivity contribution in [3.63, 3.8) is 0 Å². The van der Waals surface area contributed by atoms with Gasteiger partial charge in [0.1, 0.15) is 0 Å². The zero-order valence-corrected chi connectivity index (χ0v) is 17.5. The van der Waals surface area contributed by atoms with E-state index < -0.39 is 15.4 Å². The van der Waals surface area contributed by atoms with Crippen LogP contribution in [0.25, 0.3) is 0 Å². The molecule has 0 bridgehead atoms. The minimum atomic E-state index is -3.77. The van der Waals surface area contributed by atoms with E-state index in [0.29, 0.717) is 11.4 Å². The molecule has 1 saturated carbocycles. The smallest absolute Gasteiger partial charge is 0.261 e. The largest absolute Gasteiger partial charge is 0.353 e. The van der Waals surface area contributed by atoms with Crippen LogP contribution in [0.2, 0.25) is 0 Å². The Morgan fingerprint density at radius 1 is 0.931 bits per heavy atom. The number of carbonyl (C=O) groups excluding carboxylic acids is 2. The molecule has 1 aliphatic carbocycles. The molecule has 2 amide bonds. The number of nitrogens with one attached hydrogen (secondary N) is 3. The van der Waals surface area contributed by atoms with E-state index in [1.807, 2.05) is 13.8 Å². The first-order chi connectivity index (χ1) is 13.6. The molecule has 2 aromatic rings. The minimum Gasteiger partial charge on any atom is -0.353 e. The topological polar surface area (TPSA) is 104 Å². The molecule has 0 saturated heterocycles. The van der Waals surface area contributed by atoms with E-state index in [-0.39, 0.29) is 22.8 Å². The lowest BCUT2D eigenvalue weighted by molar-refractivity contribution is -0.124. The van der Waals surface area contributed by atoms with Crippen LogP contribution in [-0.2, 0) is 25.0 Å². The summed E-state index contributed by atoms with van der Waals surface area (Å²) >= 11 is 0. The third-order valence-corrected chi connectivity index (χ3v) is 6.18. The fraction of sp³-hybridized carbons (Fsp3) is 0.333. The van der Waals surface area contributed by atoms with Gasteiger partial charge in [0.25, 0.3) is 10.0 Å². The number of hydrogen-bond donors (Lipinski definition) is 3. The van der Waals surface area contributed by atoms with Gasteiger partial charge in [-0.15, -0.1) is 0 Å².